The first-order valence-electron chi connectivity index (χ1n) is 8.58. The monoisotopic (exact) mass is 317 g/mol. The fraction of sp³-hybridized carbons (Fsp3) is 0.611. The zero-order valence-electron chi connectivity index (χ0n) is 13.4. The topological polar surface area (TPSA) is 59.3 Å². The molecule has 2 aliphatic rings. The van der Waals surface area contributed by atoms with Crippen LogP contribution in [0.5, 0.6) is 5.75 Å². The van der Waals surface area contributed by atoms with Gasteiger partial charge in [-0.15, -0.1) is 0 Å². The van der Waals surface area contributed by atoms with Gasteiger partial charge in [0.15, 0.2) is 0 Å². The Bertz CT molecular complexity index is 569. The molecule has 2 N–H and O–H groups in total. The summed E-state index contributed by atoms with van der Waals surface area (Å²) in [6.07, 6.45) is 5.95. The first-order valence-corrected chi connectivity index (χ1v) is 8.58. The van der Waals surface area contributed by atoms with E-state index in [2.05, 4.69) is 10.2 Å². The highest BCUT2D eigenvalue weighted by atomic mass is 19.1. The van der Waals surface area contributed by atoms with Crippen molar-refractivity contribution in [1.82, 2.24) is 10.2 Å². The summed E-state index contributed by atoms with van der Waals surface area (Å²) < 4.78 is 13.8. The van der Waals surface area contributed by atoms with Crippen LogP contribution in [0.3, 0.4) is 0 Å². The van der Waals surface area contributed by atoms with Crippen molar-refractivity contribution in [2.45, 2.75) is 38.1 Å². The number of piperazine rings is 1. The number of rotatable bonds is 3. The number of nitrogens with zero attached hydrogens (tertiary/aromatic N) is 2. The first kappa shape index (κ1) is 16.2. The Kier molecular flexibility index (Phi) is 5.14. The normalized spacial score (nSPS) is 21.7. The second kappa shape index (κ2) is 7.29. The van der Waals surface area contributed by atoms with Crippen LogP contribution in [0.1, 0.15) is 49.3 Å². The predicted octanol–water partition coefficient (Wildman–Crippen LogP) is 2.93. The van der Waals surface area contributed by atoms with Crippen molar-refractivity contribution in [2.75, 3.05) is 26.2 Å². The van der Waals surface area contributed by atoms with E-state index in [1.165, 1.54) is 25.3 Å². The predicted molar refractivity (Wildman–Crippen MR) is 86.5 cm³/mol. The Morgan fingerprint density at radius 2 is 1.91 bits per heavy atom. The summed E-state index contributed by atoms with van der Waals surface area (Å²) in [5.74, 6) is -0.345. The number of hydrogen-bond donors (Lipinski definition) is 2. The summed E-state index contributed by atoms with van der Waals surface area (Å²) in [6.45, 7) is 3.69. The molecule has 0 bridgehead atoms. The van der Waals surface area contributed by atoms with Gasteiger partial charge in [0.1, 0.15) is 23.2 Å². The number of benzene rings is 1. The standard InChI is InChI=1S/C18H24FN3O/c19-16-7-6-14(18(23)15(16)12-20)17(13-4-2-1-3-5-13)22-10-8-21-9-11-22/h6-7,13,17,21,23H,1-5,8-11H2/t17-/m0/s1. The Morgan fingerprint density at radius 3 is 2.57 bits per heavy atom. The van der Waals surface area contributed by atoms with Gasteiger partial charge in [-0.2, -0.15) is 5.26 Å². The smallest absolute Gasteiger partial charge is 0.144 e. The third-order valence-electron chi connectivity index (χ3n) is 5.23. The SMILES string of the molecule is N#Cc1c(F)ccc([C@H](C2CCCCC2)N2CCNCC2)c1O. The number of nitrogens with one attached hydrogen (secondary N) is 1. The molecule has 23 heavy (non-hydrogen) atoms. The summed E-state index contributed by atoms with van der Waals surface area (Å²) in [5.41, 5.74) is 0.496. The molecule has 1 saturated heterocycles. The molecule has 5 heteroatoms. The molecule has 0 unspecified atom stereocenters. The fourth-order valence-corrected chi connectivity index (χ4v) is 4.09. The van der Waals surface area contributed by atoms with Crippen molar-refractivity contribution >= 4 is 0 Å². The Balaban J connectivity index is 1.99. The lowest BCUT2D eigenvalue weighted by atomic mass is 9.79. The maximum Gasteiger partial charge on any atom is 0.144 e. The summed E-state index contributed by atoms with van der Waals surface area (Å²) in [7, 11) is 0. The highest BCUT2D eigenvalue weighted by molar-refractivity contribution is 5.50. The van der Waals surface area contributed by atoms with Gasteiger partial charge in [-0.25, -0.2) is 4.39 Å². The third kappa shape index (κ3) is 3.34. The number of phenolic OH excluding ortho intramolecular Hbond substituents is 1. The number of halogens is 1. The molecule has 124 valence electrons. The number of hydrogen-bond acceptors (Lipinski definition) is 4. The Labute approximate surface area is 136 Å². The van der Waals surface area contributed by atoms with Gasteiger partial charge in [-0.1, -0.05) is 25.3 Å². The van der Waals surface area contributed by atoms with Crippen LogP contribution >= 0.6 is 0 Å². The van der Waals surface area contributed by atoms with Crippen molar-refractivity contribution in [1.29, 1.82) is 5.26 Å². The second-order valence-corrected chi connectivity index (χ2v) is 6.60. The van der Waals surface area contributed by atoms with Crippen LogP contribution < -0.4 is 5.32 Å². The van der Waals surface area contributed by atoms with Crippen LogP contribution in [0, 0.1) is 23.1 Å². The number of nitriles is 1. The Hall–Kier alpha value is -1.64. The van der Waals surface area contributed by atoms with Crippen LogP contribution in [0.15, 0.2) is 12.1 Å². The molecule has 3 rings (SSSR count). The summed E-state index contributed by atoms with van der Waals surface area (Å²) >= 11 is 0. The van der Waals surface area contributed by atoms with Gasteiger partial charge < -0.3 is 10.4 Å². The van der Waals surface area contributed by atoms with Gasteiger partial charge in [0, 0.05) is 37.8 Å². The molecule has 1 aromatic carbocycles. The van der Waals surface area contributed by atoms with Crippen molar-refractivity contribution in [3.05, 3.63) is 29.1 Å². The highest BCUT2D eigenvalue weighted by Gasteiger charge is 2.33. The molecule has 0 spiro atoms. The summed E-state index contributed by atoms with van der Waals surface area (Å²) in [5, 5.41) is 23.0. The molecule has 1 saturated carbocycles. The maximum absolute atomic E-state index is 13.8. The molecule has 1 aliphatic carbocycles. The van der Waals surface area contributed by atoms with Crippen molar-refractivity contribution < 1.29 is 9.50 Å². The minimum atomic E-state index is -0.642. The van der Waals surface area contributed by atoms with E-state index in [1.54, 1.807) is 6.07 Å². The molecule has 0 amide bonds. The third-order valence-corrected chi connectivity index (χ3v) is 5.23. The molecular formula is C18H24FN3O. The molecule has 1 heterocycles. The lowest BCUT2D eigenvalue weighted by Gasteiger charge is -2.41. The van der Waals surface area contributed by atoms with E-state index in [0.29, 0.717) is 5.92 Å². The number of aromatic hydroxyl groups is 1. The Morgan fingerprint density at radius 1 is 1.22 bits per heavy atom. The van der Waals surface area contributed by atoms with Gasteiger partial charge in [-0.3, -0.25) is 4.90 Å². The van der Waals surface area contributed by atoms with Crippen LogP contribution in [0.4, 0.5) is 4.39 Å². The van der Waals surface area contributed by atoms with E-state index < -0.39 is 5.82 Å². The van der Waals surface area contributed by atoms with E-state index in [4.69, 9.17) is 5.26 Å². The van der Waals surface area contributed by atoms with Crippen molar-refractivity contribution in [2.24, 2.45) is 5.92 Å². The molecule has 1 atom stereocenters. The summed E-state index contributed by atoms with van der Waals surface area (Å²) in [4.78, 5) is 2.39. The van der Waals surface area contributed by atoms with E-state index in [1.807, 2.05) is 6.07 Å². The van der Waals surface area contributed by atoms with Gasteiger partial charge in [0.25, 0.3) is 0 Å². The average Bonchev–Trinajstić information content (AvgIpc) is 2.60. The fourth-order valence-electron chi connectivity index (χ4n) is 4.09. The average molecular weight is 317 g/mol. The molecule has 4 nitrogen and oxygen atoms in total. The van der Waals surface area contributed by atoms with Crippen LogP contribution in [-0.4, -0.2) is 36.2 Å². The van der Waals surface area contributed by atoms with E-state index in [-0.39, 0.29) is 17.4 Å². The first-order chi connectivity index (χ1) is 11.2. The highest BCUT2D eigenvalue weighted by Crippen LogP contribution is 2.42. The zero-order valence-corrected chi connectivity index (χ0v) is 13.4. The minimum absolute atomic E-state index is 0.0742. The van der Waals surface area contributed by atoms with Gasteiger partial charge >= 0.3 is 0 Å². The van der Waals surface area contributed by atoms with Gasteiger partial charge in [0.05, 0.1) is 0 Å². The van der Waals surface area contributed by atoms with Crippen molar-refractivity contribution in [3.8, 4) is 11.8 Å². The molecule has 0 radical (unpaired) electrons. The van der Waals surface area contributed by atoms with Crippen molar-refractivity contribution in [3.63, 3.8) is 0 Å². The second-order valence-electron chi connectivity index (χ2n) is 6.60. The lowest BCUT2D eigenvalue weighted by Crippen LogP contribution is -2.47. The maximum atomic E-state index is 13.8. The largest absolute Gasteiger partial charge is 0.506 e. The van der Waals surface area contributed by atoms with E-state index in [0.717, 1.165) is 44.6 Å². The van der Waals surface area contributed by atoms with E-state index >= 15 is 0 Å². The molecular weight excluding hydrogens is 293 g/mol. The van der Waals surface area contributed by atoms with E-state index in [9.17, 15) is 9.50 Å². The minimum Gasteiger partial charge on any atom is -0.506 e. The molecule has 2 fully saturated rings. The molecule has 1 aliphatic heterocycles. The van der Waals surface area contributed by atoms with Crippen LogP contribution in [0.2, 0.25) is 0 Å². The van der Waals surface area contributed by atoms with Crippen LogP contribution in [-0.2, 0) is 0 Å². The van der Waals surface area contributed by atoms with Gasteiger partial charge in [0.2, 0.25) is 0 Å². The van der Waals surface area contributed by atoms with Gasteiger partial charge in [-0.05, 0) is 24.8 Å². The summed E-state index contributed by atoms with van der Waals surface area (Å²) in [6, 6.07) is 4.88. The molecule has 0 aromatic heterocycles. The number of phenols is 1. The quantitative estimate of drug-likeness (QED) is 0.900. The molecule has 1 aromatic rings. The zero-order chi connectivity index (χ0) is 16.2. The van der Waals surface area contributed by atoms with Crippen LogP contribution in [0.25, 0.3) is 0 Å². The lowest BCUT2D eigenvalue weighted by molar-refractivity contribution is 0.101.